The van der Waals surface area contributed by atoms with Gasteiger partial charge in [-0.25, -0.2) is 10.5 Å². The fourth-order valence-corrected chi connectivity index (χ4v) is 7.47. The number of ether oxygens (including phenoxy) is 1. The molecule has 0 saturated heterocycles. The number of hydrogen-bond donors (Lipinski definition) is 7. The Morgan fingerprint density at radius 2 is 1.51 bits per heavy atom. The first-order valence-electron chi connectivity index (χ1n) is 18.9. The van der Waals surface area contributed by atoms with Crippen LogP contribution < -0.4 is 10.1 Å². The standard InChI is InChI=1S/C41H36N8O13S3/c1-23-15-37(48-49-40-39(64-62-60-54)17-24-4-5-26(18-31(24)41(40)52)42-13-14-65(55,56)57)38(58-22-28(51)21-50)20-36(23)47-46-34-10-11-35(32-19-29(63-61-59-53)7-8-30(32)34)45-44-27-6-9-33-25(16-27)3-2-12-43-33/h2-12,15-20,28,42,50-54H,13-14,21-22H2,1H3,(H,55,56,57). The number of aliphatic hydroxyl groups is 2. The van der Waals surface area contributed by atoms with Gasteiger partial charge in [0.05, 0.1) is 69.6 Å². The molecule has 0 aliphatic heterocycles. The second-order valence-corrected chi connectivity index (χ2v) is 16.8. The van der Waals surface area contributed by atoms with Gasteiger partial charge in [0.1, 0.15) is 29.8 Å². The lowest BCUT2D eigenvalue weighted by Crippen LogP contribution is -2.21. The Morgan fingerprint density at radius 1 is 0.754 bits per heavy atom. The molecule has 21 nitrogen and oxygen atoms in total. The van der Waals surface area contributed by atoms with Gasteiger partial charge in [0, 0.05) is 50.9 Å². The number of pyridine rings is 1. The van der Waals surface area contributed by atoms with E-state index in [4.69, 9.17) is 19.8 Å². The molecule has 1 unspecified atom stereocenters. The molecule has 7 aromatic rings. The number of nitrogens with zero attached hydrogens (tertiary/aromatic N) is 7. The molecule has 1 atom stereocenters. The van der Waals surface area contributed by atoms with Gasteiger partial charge < -0.3 is 25.4 Å². The molecule has 0 aliphatic carbocycles. The number of hydrogen-bond acceptors (Lipinski definition) is 22. The summed E-state index contributed by atoms with van der Waals surface area (Å²) in [5, 5.41) is 88.8. The molecule has 1 aromatic heterocycles. The predicted molar refractivity (Wildman–Crippen MR) is 240 cm³/mol. The number of phenols is 1. The van der Waals surface area contributed by atoms with E-state index < -0.39 is 28.6 Å². The highest BCUT2D eigenvalue weighted by atomic mass is 32.2. The predicted octanol–water partition coefficient (Wildman–Crippen LogP) is 10.7. The Bertz CT molecular complexity index is 3050. The number of aromatic nitrogens is 1. The van der Waals surface area contributed by atoms with Gasteiger partial charge in [-0.1, -0.05) is 28.3 Å². The normalized spacial score (nSPS) is 12.7. The number of aryl methyl sites for hydroxylation is 1. The average Bonchev–Trinajstić information content (AvgIpc) is 3.30. The van der Waals surface area contributed by atoms with Gasteiger partial charge in [-0.2, -0.15) is 18.6 Å². The van der Waals surface area contributed by atoms with Crippen LogP contribution in [0.3, 0.4) is 0 Å². The molecule has 7 rings (SSSR count). The zero-order valence-corrected chi connectivity index (χ0v) is 36.1. The highest BCUT2D eigenvalue weighted by Crippen LogP contribution is 2.46. The highest BCUT2D eigenvalue weighted by molar-refractivity contribution is 7.95. The van der Waals surface area contributed by atoms with Crippen molar-refractivity contribution >= 4 is 106 Å². The Kier molecular flexibility index (Phi) is 15.5. The summed E-state index contributed by atoms with van der Waals surface area (Å²) in [7, 11) is -4.22. The van der Waals surface area contributed by atoms with E-state index in [1.54, 1.807) is 73.8 Å². The Balaban J connectivity index is 1.23. The van der Waals surface area contributed by atoms with Crippen LogP contribution in [0.1, 0.15) is 5.56 Å². The summed E-state index contributed by atoms with van der Waals surface area (Å²) in [6.45, 7) is 0.671. The first-order valence-corrected chi connectivity index (χ1v) is 22.0. The number of nitrogens with one attached hydrogen (secondary N) is 1. The third-order valence-electron chi connectivity index (χ3n) is 9.30. The van der Waals surface area contributed by atoms with Gasteiger partial charge in [-0.05, 0) is 90.7 Å². The largest absolute Gasteiger partial charge is 0.505 e. The van der Waals surface area contributed by atoms with Crippen LogP contribution in [0.25, 0.3) is 32.4 Å². The van der Waals surface area contributed by atoms with Gasteiger partial charge in [0.15, 0.2) is 5.75 Å². The molecule has 0 fully saturated rings. The van der Waals surface area contributed by atoms with Crippen LogP contribution in [-0.4, -0.2) is 75.4 Å². The van der Waals surface area contributed by atoms with Crippen LogP contribution in [0.5, 0.6) is 11.5 Å². The SMILES string of the molecule is Cc1cc(N=Nc2c(SOOO)cc3ccc(NCCS(=O)(=O)O)cc3c2O)c(OCC(O)CO)cc1N=Nc1ccc(N=Nc2ccc3ncccc3c2)c2cc(SOOO)ccc12. The van der Waals surface area contributed by atoms with Gasteiger partial charge in [-0.3, -0.25) is 9.54 Å². The van der Waals surface area contributed by atoms with Crippen molar-refractivity contribution < 1.29 is 62.3 Å². The van der Waals surface area contributed by atoms with Crippen molar-refractivity contribution in [2.75, 3.05) is 30.8 Å². The third-order valence-corrected chi connectivity index (χ3v) is 11.2. The lowest BCUT2D eigenvalue weighted by molar-refractivity contribution is -0.432. The number of fused-ring (bicyclic) bond motifs is 3. The molecule has 336 valence electrons. The molecular formula is C41H36N8O13S3. The molecule has 0 bridgehead atoms. The van der Waals surface area contributed by atoms with E-state index >= 15 is 0 Å². The molecule has 0 saturated carbocycles. The molecule has 0 radical (unpaired) electrons. The van der Waals surface area contributed by atoms with Crippen LogP contribution in [0.2, 0.25) is 0 Å². The van der Waals surface area contributed by atoms with E-state index in [1.165, 1.54) is 12.1 Å². The van der Waals surface area contributed by atoms with E-state index in [9.17, 15) is 23.7 Å². The van der Waals surface area contributed by atoms with Crippen molar-refractivity contribution in [1.82, 2.24) is 4.98 Å². The maximum absolute atomic E-state index is 11.5. The number of benzene rings is 6. The summed E-state index contributed by atoms with van der Waals surface area (Å²) in [5.41, 5.74) is 3.63. The van der Waals surface area contributed by atoms with Crippen LogP contribution >= 0.6 is 24.1 Å². The van der Waals surface area contributed by atoms with Crippen LogP contribution in [0.4, 0.5) is 39.8 Å². The summed E-state index contributed by atoms with van der Waals surface area (Å²) >= 11 is 1.29. The third kappa shape index (κ3) is 12.1. The van der Waals surface area contributed by atoms with E-state index in [2.05, 4.69) is 59.7 Å². The summed E-state index contributed by atoms with van der Waals surface area (Å²) in [4.78, 5) is 5.07. The summed E-state index contributed by atoms with van der Waals surface area (Å²) in [5.74, 6) is -0.860. The van der Waals surface area contributed by atoms with E-state index in [0.29, 0.717) is 67.1 Å². The van der Waals surface area contributed by atoms with Crippen molar-refractivity contribution in [3.8, 4) is 11.5 Å². The number of anilines is 1. The van der Waals surface area contributed by atoms with Gasteiger partial charge in [-0.15, -0.1) is 29.1 Å². The number of phenolic OH excluding ortho intramolecular Hbond substituents is 1. The highest BCUT2D eigenvalue weighted by Gasteiger charge is 2.18. The minimum absolute atomic E-state index is 0.0633. The summed E-state index contributed by atoms with van der Waals surface area (Å²) in [6, 6.07) is 27.4. The van der Waals surface area contributed by atoms with Crippen molar-refractivity contribution in [3.05, 3.63) is 109 Å². The smallest absolute Gasteiger partial charge is 0.266 e. The van der Waals surface area contributed by atoms with Crippen molar-refractivity contribution in [1.29, 1.82) is 0 Å². The number of rotatable bonds is 20. The maximum atomic E-state index is 11.5. The Morgan fingerprint density at radius 3 is 2.29 bits per heavy atom. The first-order chi connectivity index (χ1) is 31.4. The molecule has 24 heteroatoms. The van der Waals surface area contributed by atoms with Gasteiger partial charge >= 0.3 is 0 Å². The molecule has 0 spiro atoms. The van der Waals surface area contributed by atoms with Crippen molar-refractivity contribution in [2.24, 2.45) is 30.7 Å². The molecule has 0 amide bonds. The minimum atomic E-state index is -4.22. The van der Waals surface area contributed by atoms with E-state index in [0.717, 1.165) is 22.9 Å². The first kappa shape index (κ1) is 46.7. The summed E-state index contributed by atoms with van der Waals surface area (Å²) < 4.78 is 46.7. The Labute approximate surface area is 376 Å². The molecular weight excluding hydrogens is 909 g/mol. The minimum Gasteiger partial charge on any atom is -0.505 e. The number of azo groups is 3. The zero-order valence-electron chi connectivity index (χ0n) is 33.6. The quantitative estimate of drug-likeness (QED) is 0.0123. The lowest BCUT2D eigenvalue weighted by Gasteiger charge is -2.14. The summed E-state index contributed by atoms with van der Waals surface area (Å²) in [6.07, 6.45) is 0.453. The fraction of sp³-hybridized carbons (Fsp3) is 0.146. The molecule has 1 heterocycles. The number of aliphatic hydroxyl groups excluding tert-OH is 2. The second-order valence-electron chi connectivity index (χ2n) is 13.7. The van der Waals surface area contributed by atoms with Crippen LogP contribution in [0.15, 0.2) is 144 Å². The topological polar surface area (TPSA) is 301 Å². The lowest BCUT2D eigenvalue weighted by atomic mass is 10.1. The van der Waals surface area contributed by atoms with Crippen LogP contribution in [-0.2, 0) is 28.9 Å². The van der Waals surface area contributed by atoms with Crippen LogP contribution in [0, 0.1) is 6.92 Å². The fourth-order valence-electron chi connectivity index (χ4n) is 6.21. The zero-order chi connectivity index (χ0) is 45.9. The van der Waals surface area contributed by atoms with Crippen molar-refractivity contribution in [2.45, 2.75) is 22.8 Å². The molecule has 0 aliphatic rings. The second kappa shape index (κ2) is 21.6. The van der Waals surface area contributed by atoms with Gasteiger partial charge in [0.25, 0.3) is 10.1 Å². The molecule has 6 aromatic carbocycles. The average molecular weight is 945 g/mol. The maximum Gasteiger partial charge on any atom is 0.266 e. The molecule has 7 N–H and O–H groups in total. The van der Waals surface area contributed by atoms with E-state index in [1.807, 2.05) is 24.3 Å². The van der Waals surface area contributed by atoms with Gasteiger partial charge in [0.2, 0.25) is 0 Å². The monoisotopic (exact) mass is 944 g/mol. The Hall–Kier alpha value is -6.26. The molecule has 65 heavy (non-hydrogen) atoms. The van der Waals surface area contributed by atoms with E-state index in [-0.39, 0.29) is 46.3 Å². The number of aromatic hydroxyl groups is 1. The van der Waals surface area contributed by atoms with Crippen molar-refractivity contribution in [3.63, 3.8) is 0 Å².